The molecule has 1 unspecified atom stereocenters. The van der Waals surface area contributed by atoms with Crippen LogP contribution in [0.25, 0.3) is 0 Å². The number of rotatable bonds is 3. The minimum absolute atomic E-state index is 0.0426. The zero-order chi connectivity index (χ0) is 13.1. The van der Waals surface area contributed by atoms with E-state index in [1.165, 1.54) is 6.08 Å². The Morgan fingerprint density at radius 2 is 2.12 bits per heavy atom. The van der Waals surface area contributed by atoms with Gasteiger partial charge in [0.15, 0.2) is 5.78 Å². The molecule has 4 nitrogen and oxygen atoms in total. The number of ketones is 1. The fourth-order valence-corrected chi connectivity index (χ4v) is 1.86. The second kappa shape index (κ2) is 5.34. The third-order valence-electron chi connectivity index (χ3n) is 2.66. The van der Waals surface area contributed by atoms with E-state index >= 15 is 0 Å². The molecule has 0 bridgehead atoms. The topological polar surface area (TPSA) is 46.6 Å². The minimum atomic E-state index is -0.466. The maximum Gasteiger partial charge on any atom is 0.410 e. The Balaban J connectivity index is 2.42. The summed E-state index contributed by atoms with van der Waals surface area (Å²) in [6.45, 7) is 10.3. The maximum absolute atomic E-state index is 11.8. The lowest BCUT2D eigenvalue weighted by Crippen LogP contribution is -2.35. The quantitative estimate of drug-likeness (QED) is 0.710. The third-order valence-corrected chi connectivity index (χ3v) is 2.66. The first-order chi connectivity index (χ1) is 7.81. The fourth-order valence-electron chi connectivity index (χ4n) is 1.86. The average molecular weight is 239 g/mol. The van der Waals surface area contributed by atoms with E-state index in [0.717, 1.165) is 6.42 Å². The van der Waals surface area contributed by atoms with Gasteiger partial charge in [-0.05, 0) is 39.2 Å². The van der Waals surface area contributed by atoms with Crippen molar-refractivity contribution >= 4 is 11.9 Å². The van der Waals surface area contributed by atoms with Crippen molar-refractivity contribution in [2.45, 2.75) is 39.2 Å². The zero-order valence-electron chi connectivity index (χ0n) is 10.9. The molecule has 1 fully saturated rings. The minimum Gasteiger partial charge on any atom is -0.444 e. The van der Waals surface area contributed by atoms with Crippen LogP contribution in [0.3, 0.4) is 0 Å². The summed E-state index contributed by atoms with van der Waals surface area (Å²) in [7, 11) is 0. The second-order valence-electron chi connectivity index (χ2n) is 5.46. The van der Waals surface area contributed by atoms with Gasteiger partial charge in [0.1, 0.15) is 5.60 Å². The lowest BCUT2D eigenvalue weighted by molar-refractivity contribution is -0.115. The summed E-state index contributed by atoms with van der Waals surface area (Å²) >= 11 is 0. The Bertz CT molecular complexity index is 317. The number of hydrogen-bond donors (Lipinski definition) is 0. The van der Waals surface area contributed by atoms with Crippen molar-refractivity contribution in [2.75, 3.05) is 13.1 Å². The van der Waals surface area contributed by atoms with Gasteiger partial charge in [-0.3, -0.25) is 4.79 Å². The molecule has 4 heteroatoms. The summed E-state index contributed by atoms with van der Waals surface area (Å²) in [6, 6.07) is 0. The lowest BCUT2D eigenvalue weighted by Gasteiger charge is -2.24. The SMILES string of the molecule is C=CC(=O)CC1CCN(C(=O)OC(C)(C)C)C1. The molecule has 1 aliphatic heterocycles. The number of nitrogens with zero attached hydrogens (tertiary/aromatic N) is 1. The molecule has 17 heavy (non-hydrogen) atoms. The number of hydrogen-bond acceptors (Lipinski definition) is 3. The Labute approximate surface area is 103 Å². The summed E-state index contributed by atoms with van der Waals surface area (Å²) < 4.78 is 5.28. The van der Waals surface area contributed by atoms with Gasteiger partial charge in [0, 0.05) is 19.5 Å². The number of allylic oxidation sites excluding steroid dienone is 1. The Morgan fingerprint density at radius 3 is 2.65 bits per heavy atom. The molecule has 1 aliphatic rings. The standard InChI is InChI=1S/C13H21NO3/c1-5-11(15)8-10-6-7-14(9-10)12(16)17-13(2,3)4/h5,10H,1,6-9H2,2-4H3. The van der Waals surface area contributed by atoms with Crippen LogP contribution in [0.4, 0.5) is 4.79 Å². The van der Waals surface area contributed by atoms with Gasteiger partial charge in [-0.25, -0.2) is 4.79 Å². The van der Waals surface area contributed by atoms with Gasteiger partial charge in [-0.15, -0.1) is 0 Å². The van der Waals surface area contributed by atoms with E-state index in [9.17, 15) is 9.59 Å². The van der Waals surface area contributed by atoms with E-state index in [2.05, 4.69) is 6.58 Å². The molecule has 1 heterocycles. The number of likely N-dealkylation sites (tertiary alicyclic amines) is 1. The van der Waals surface area contributed by atoms with Crippen LogP contribution >= 0.6 is 0 Å². The lowest BCUT2D eigenvalue weighted by atomic mass is 10.0. The summed E-state index contributed by atoms with van der Waals surface area (Å²) in [4.78, 5) is 24.7. The monoisotopic (exact) mass is 239 g/mol. The molecule has 0 aliphatic carbocycles. The van der Waals surface area contributed by atoms with Crippen LogP contribution in [-0.4, -0.2) is 35.5 Å². The van der Waals surface area contributed by atoms with Crippen molar-refractivity contribution in [3.05, 3.63) is 12.7 Å². The molecule has 96 valence electrons. The van der Waals surface area contributed by atoms with Crippen LogP contribution in [0, 0.1) is 5.92 Å². The largest absolute Gasteiger partial charge is 0.444 e. The van der Waals surface area contributed by atoms with Crippen molar-refractivity contribution in [1.82, 2.24) is 4.90 Å². The van der Waals surface area contributed by atoms with E-state index in [1.54, 1.807) is 4.90 Å². The molecule has 1 amide bonds. The van der Waals surface area contributed by atoms with Gasteiger partial charge in [-0.1, -0.05) is 6.58 Å². The summed E-state index contributed by atoms with van der Waals surface area (Å²) in [5.41, 5.74) is -0.466. The van der Waals surface area contributed by atoms with E-state index in [1.807, 2.05) is 20.8 Å². The molecule has 0 N–H and O–H groups in total. The van der Waals surface area contributed by atoms with Gasteiger partial charge in [0.2, 0.25) is 0 Å². The molecule has 1 saturated heterocycles. The van der Waals surface area contributed by atoms with E-state index in [4.69, 9.17) is 4.74 Å². The Morgan fingerprint density at radius 1 is 1.47 bits per heavy atom. The highest BCUT2D eigenvalue weighted by atomic mass is 16.6. The predicted molar refractivity (Wildman–Crippen MR) is 65.7 cm³/mol. The molecule has 0 aromatic heterocycles. The van der Waals surface area contributed by atoms with Gasteiger partial charge >= 0.3 is 6.09 Å². The van der Waals surface area contributed by atoms with Gasteiger partial charge in [0.25, 0.3) is 0 Å². The highest BCUT2D eigenvalue weighted by molar-refractivity contribution is 5.89. The van der Waals surface area contributed by atoms with Crippen LogP contribution in [0.5, 0.6) is 0 Å². The van der Waals surface area contributed by atoms with E-state index < -0.39 is 5.60 Å². The zero-order valence-corrected chi connectivity index (χ0v) is 10.9. The smallest absolute Gasteiger partial charge is 0.410 e. The highest BCUT2D eigenvalue weighted by Crippen LogP contribution is 2.22. The Kier molecular flexibility index (Phi) is 4.32. The normalized spacial score (nSPS) is 20.2. The Hall–Kier alpha value is -1.32. The molecule has 0 aromatic rings. The number of carbonyl (C=O) groups is 2. The number of carbonyl (C=O) groups excluding carboxylic acids is 2. The van der Waals surface area contributed by atoms with Crippen LogP contribution in [0.2, 0.25) is 0 Å². The number of amides is 1. The molecule has 0 saturated carbocycles. The first kappa shape index (κ1) is 13.7. The number of ether oxygens (including phenoxy) is 1. The fraction of sp³-hybridized carbons (Fsp3) is 0.692. The van der Waals surface area contributed by atoms with Crippen LogP contribution in [-0.2, 0) is 9.53 Å². The van der Waals surface area contributed by atoms with Crippen molar-refractivity contribution in [3.63, 3.8) is 0 Å². The second-order valence-corrected chi connectivity index (χ2v) is 5.46. The average Bonchev–Trinajstić information content (AvgIpc) is 2.63. The van der Waals surface area contributed by atoms with Crippen molar-refractivity contribution < 1.29 is 14.3 Å². The van der Waals surface area contributed by atoms with Gasteiger partial charge in [-0.2, -0.15) is 0 Å². The first-order valence-corrected chi connectivity index (χ1v) is 5.95. The molecule has 0 spiro atoms. The summed E-state index contributed by atoms with van der Waals surface area (Å²) in [5.74, 6) is 0.286. The first-order valence-electron chi connectivity index (χ1n) is 5.95. The van der Waals surface area contributed by atoms with Crippen LogP contribution in [0.1, 0.15) is 33.6 Å². The van der Waals surface area contributed by atoms with Crippen LogP contribution < -0.4 is 0 Å². The van der Waals surface area contributed by atoms with E-state index in [-0.39, 0.29) is 17.8 Å². The van der Waals surface area contributed by atoms with Crippen molar-refractivity contribution in [1.29, 1.82) is 0 Å². The molecule has 1 atom stereocenters. The highest BCUT2D eigenvalue weighted by Gasteiger charge is 2.30. The molecular formula is C13H21NO3. The summed E-state index contributed by atoms with van der Waals surface area (Å²) in [5, 5.41) is 0. The molecule has 0 aromatic carbocycles. The predicted octanol–water partition coefficient (Wildman–Crippen LogP) is 2.39. The molecule has 1 rings (SSSR count). The van der Waals surface area contributed by atoms with Gasteiger partial charge < -0.3 is 9.64 Å². The third kappa shape index (κ3) is 4.59. The van der Waals surface area contributed by atoms with E-state index in [0.29, 0.717) is 19.5 Å². The molecular weight excluding hydrogens is 218 g/mol. The molecule has 0 radical (unpaired) electrons. The van der Waals surface area contributed by atoms with Crippen molar-refractivity contribution in [2.24, 2.45) is 5.92 Å². The maximum atomic E-state index is 11.8. The van der Waals surface area contributed by atoms with Crippen LogP contribution in [0.15, 0.2) is 12.7 Å². The van der Waals surface area contributed by atoms with Crippen molar-refractivity contribution in [3.8, 4) is 0 Å². The van der Waals surface area contributed by atoms with Gasteiger partial charge in [0.05, 0.1) is 0 Å². The summed E-state index contributed by atoms with van der Waals surface area (Å²) in [6.07, 6.45) is 2.39.